The summed E-state index contributed by atoms with van der Waals surface area (Å²) in [6.45, 7) is 0.449. The molecule has 3 N–H and O–H groups in total. The van der Waals surface area contributed by atoms with Crippen LogP contribution in [0.5, 0.6) is 0 Å². The Morgan fingerprint density at radius 2 is 2.08 bits per heavy atom. The largest absolute Gasteiger partial charge is 0.479 e. The number of aliphatic hydroxyl groups is 2. The smallest absolute Gasteiger partial charge is 0.337 e. The summed E-state index contributed by atoms with van der Waals surface area (Å²) in [6, 6.07) is 0. The molecule has 0 aromatic rings. The third-order valence-corrected chi connectivity index (χ3v) is 1.59. The van der Waals surface area contributed by atoms with Crippen molar-refractivity contribution in [2.24, 2.45) is 0 Å². The van der Waals surface area contributed by atoms with Crippen LogP contribution in [0.3, 0.4) is 0 Å². The SMILES string of the molecule is CC(=O)SOC(C(=O)O)C(O)CO. The first-order valence-electron chi connectivity index (χ1n) is 3.34. The van der Waals surface area contributed by atoms with Gasteiger partial charge in [-0.2, -0.15) is 0 Å². The third-order valence-electron chi connectivity index (χ3n) is 1.05. The van der Waals surface area contributed by atoms with Gasteiger partial charge in [-0.3, -0.25) is 8.98 Å². The van der Waals surface area contributed by atoms with Gasteiger partial charge in [0.2, 0.25) is 5.12 Å². The van der Waals surface area contributed by atoms with E-state index in [0.717, 1.165) is 0 Å². The molecule has 0 heterocycles. The second-order valence-electron chi connectivity index (χ2n) is 2.18. The number of hydrogen-bond donors (Lipinski definition) is 3. The van der Waals surface area contributed by atoms with Crippen LogP contribution < -0.4 is 0 Å². The second-order valence-corrected chi connectivity index (χ2v) is 3.11. The molecule has 76 valence electrons. The Kier molecular flexibility index (Phi) is 5.63. The van der Waals surface area contributed by atoms with E-state index in [2.05, 4.69) is 4.18 Å². The van der Waals surface area contributed by atoms with Crippen molar-refractivity contribution < 1.29 is 29.1 Å². The quantitative estimate of drug-likeness (QED) is 0.500. The zero-order valence-electron chi connectivity index (χ0n) is 6.84. The van der Waals surface area contributed by atoms with Gasteiger partial charge in [0.25, 0.3) is 0 Å². The highest BCUT2D eigenvalue weighted by Gasteiger charge is 2.28. The van der Waals surface area contributed by atoms with Crippen LogP contribution in [0.15, 0.2) is 0 Å². The fourth-order valence-electron chi connectivity index (χ4n) is 0.485. The Balaban J connectivity index is 4.10. The molecular weight excluding hydrogens is 200 g/mol. The molecule has 0 spiro atoms. The fraction of sp³-hybridized carbons (Fsp3) is 0.667. The van der Waals surface area contributed by atoms with Crippen LogP contribution in [0, 0.1) is 0 Å². The average molecular weight is 210 g/mol. The number of rotatable bonds is 5. The number of aliphatic hydroxyl groups excluding tert-OH is 2. The van der Waals surface area contributed by atoms with Crippen molar-refractivity contribution in [2.75, 3.05) is 6.61 Å². The lowest BCUT2D eigenvalue weighted by atomic mass is 10.2. The van der Waals surface area contributed by atoms with E-state index in [1.165, 1.54) is 6.92 Å². The van der Waals surface area contributed by atoms with Gasteiger partial charge in [0.15, 0.2) is 6.10 Å². The summed E-state index contributed by atoms with van der Waals surface area (Å²) in [4.78, 5) is 20.8. The molecule has 0 saturated carbocycles. The minimum atomic E-state index is -1.60. The van der Waals surface area contributed by atoms with Gasteiger partial charge in [0.05, 0.1) is 18.6 Å². The van der Waals surface area contributed by atoms with Gasteiger partial charge < -0.3 is 15.3 Å². The van der Waals surface area contributed by atoms with Crippen LogP contribution in [0.25, 0.3) is 0 Å². The van der Waals surface area contributed by atoms with Crippen LogP contribution in [0.2, 0.25) is 0 Å². The number of aliphatic carboxylic acids is 1. The number of hydrogen-bond acceptors (Lipinski definition) is 6. The lowest BCUT2D eigenvalue weighted by Gasteiger charge is -2.15. The van der Waals surface area contributed by atoms with Crippen molar-refractivity contribution in [3.63, 3.8) is 0 Å². The Bertz CT molecular complexity index is 194. The van der Waals surface area contributed by atoms with E-state index in [4.69, 9.17) is 15.3 Å². The lowest BCUT2D eigenvalue weighted by molar-refractivity contribution is -0.150. The summed E-state index contributed by atoms with van der Waals surface area (Å²) in [5.41, 5.74) is 0. The highest BCUT2D eigenvalue weighted by molar-refractivity contribution is 8.09. The molecule has 0 radical (unpaired) electrons. The van der Waals surface area contributed by atoms with Crippen LogP contribution in [-0.4, -0.2) is 45.2 Å². The summed E-state index contributed by atoms with van der Waals surface area (Å²) < 4.78 is 4.48. The Labute approximate surface area is 78.7 Å². The van der Waals surface area contributed by atoms with Gasteiger partial charge in [-0.1, -0.05) is 0 Å². The Hall–Kier alpha value is -0.630. The highest BCUT2D eigenvalue weighted by atomic mass is 32.2. The van der Waals surface area contributed by atoms with Crippen LogP contribution in [0.4, 0.5) is 0 Å². The molecule has 0 aliphatic heterocycles. The second kappa shape index (κ2) is 5.92. The topological polar surface area (TPSA) is 104 Å². The van der Waals surface area contributed by atoms with Gasteiger partial charge in [-0.25, -0.2) is 4.79 Å². The molecule has 0 fully saturated rings. The number of carbonyl (C=O) groups excluding carboxylic acids is 1. The molecule has 6 nitrogen and oxygen atoms in total. The van der Waals surface area contributed by atoms with Crippen LogP contribution in [0.1, 0.15) is 6.92 Å². The zero-order valence-corrected chi connectivity index (χ0v) is 7.65. The molecule has 7 heteroatoms. The zero-order chi connectivity index (χ0) is 10.4. The summed E-state index contributed by atoms with van der Waals surface area (Å²) in [6.07, 6.45) is -3.14. The van der Waals surface area contributed by atoms with E-state index in [-0.39, 0.29) is 0 Å². The van der Waals surface area contributed by atoms with Crippen molar-refractivity contribution in [3.8, 4) is 0 Å². The first kappa shape index (κ1) is 12.4. The van der Waals surface area contributed by atoms with Crippen molar-refractivity contribution in [1.82, 2.24) is 0 Å². The number of carboxylic acid groups (broad SMARTS) is 1. The Morgan fingerprint density at radius 3 is 2.38 bits per heavy atom. The predicted molar refractivity (Wildman–Crippen MR) is 43.9 cm³/mol. The van der Waals surface area contributed by atoms with Gasteiger partial charge in [0, 0.05) is 6.92 Å². The molecule has 2 unspecified atom stereocenters. The molecule has 0 aromatic carbocycles. The van der Waals surface area contributed by atoms with Crippen molar-refractivity contribution >= 4 is 23.1 Å². The molecule has 13 heavy (non-hydrogen) atoms. The minimum Gasteiger partial charge on any atom is -0.479 e. The maximum atomic E-state index is 10.4. The van der Waals surface area contributed by atoms with Crippen LogP contribution in [-0.2, 0) is 13.8 Å². The van der Waals surface area contributed by atoms with Gasteiger partial charge in [-0.05, 0) is 0 Å². The molecule has 0 aliphatic carbocycles. The van der Waals surface area contributed by atoms with E-state index in [0.29, 0.717) is 12.0 Å². The van der Waals surface area contributed by atoms with Gasteiger partial charge in [0.1, 0.15) is 6.10 Å². The highest BCUT2D eigenvalue weighted by Crippen LogP contribution is 2.11. The van der Waals surface area contributed by atoms with E-state index in [1.807, 2.05) is 0 Å². The summed E-state index contributed by atoms with van der Waals surface area (Å²) >= 11 is 0.321. The number of carboxylic acids is 1. The lowest BCUT2D eigenvalue weighted by Crippen LogP contribution is -2.37. The van der Waals surface area contributed by atoms with Crippen LogP contribution >= 0.6 is 12.0 Å². The Morgan fingerprint density at radius 1 is 1.54 bits per heavy atom. The maximum Gasteiger partial charge on any atom is 0.337 e. The monoisotopic (exact) mass is 210 g/mol. The molecule has 0 aliphatic rings. The molecule has 0 bridgehead atoms. The molecule has 0 aromatic heterocycles. The van der Waals surface area contributed by atoms with Gasteiger partial charge >= 0.3 is 5.97 Å². The summed E-state index contributed by atoms with van der Waals surface area (Å²) in [5.74, 6) is -1.43. The minimum absolute atomic E-state index is 0.321. The van der Waals surface area contributed by atoms with Crippen molar-refractivity contribution in [1.29, 1.82) is 0 Å². The first-order chi connectivity index (χ1) is 5.99. The number of carbonyl (C=O) groups is 2. The average Bonchev–Trinajstić information content (AvgIpc) is 2.03. The molecule has 2 atom stereocenters. The van der Waals surface area contributed by atoms with E-state index in [9.17, 15) is 9.59 Å². The molecular formula is C6H10O6S. The fourth-order valence-corrected chi connectivity index (χ4v) is 0.935. The van der Waals surface area contributed by atoms with Crippen molar-refractivity contribution in [2.45, 2.75) is 19.1 Å². The summed E-state index contributed by atoms with van der Waals surface area (Å²) in [7, 11) is 0. The van der Waals surface area contributed by atoms with Crippen molar-refractivity contribution in [3.05, 3.63) is 0 Å². The molecule has 0 saturated heterocycles. The van der Waals surface area contributed by atoms with Gasteiger partial charge in [-0.15, -0.1) is 0 Å². The normalized spacial score (nSPS) is 15.0. The maximum absolute atomic E-state index is 10.4. The third kappa shape index (κ3) is 4.83. The van der Waals surface area contributed by atoms with E-state index in [1.54, 1.807) is 0 Å². The summed E-state index contributed by atoms with van der Waals surface area (Å²) in [5, 5.41) is 25.4. The molecule has 0 amide bonds. The predicted octanol–water partition coefficient (Wildman–Crippen LogP) is -0.996. The standard InChI is InChI=1S/C6H10O6S/c1-3(8)13-12-5(6(10)11)4(9)2-7/h4-5,7,9H,2H2,1H3,(H,10,11). The first-order valence-corrected chi connectivity index (χ1v) is 4.08. The van der Waals surface area contributed by atoms with E-state index >= 15 is 0 Å². The van der Waals surface area contributed by atoms with E-state index < -0.39 is 29.9 Å². The molecule has 0 rings (SSSR count).